The maximum atomic E-state index is 13.7. The Hall–Kier alpha value is -0.693. The molecule has 152 valence electrons. The molecule has 0 saturated heterocycles. The molecule has 4 nitrogen and oxygen atoms in total. The fourth-order valence-electron chi connectivity index (χ4n) is 4.73. The molecule has 2 fully saturated rings. The average Bonchev–Trinajstić information content (AvgIpc) is 2.94. The van der Waals surface area contributed by atoms with Gasteiger partial charge in [-0.05, 0) is 62.4 Å². The number of benzene rings is 1. The molecule has 2 aliphatic carbocycles. The van der Waals surface area contributed by atoms with E-state index in [-0.39, 0.29) is 17.1 Å². The molecule has 0 bridgehead atoms. The molecule has 6 heteroatoms. The van der Waals surface area contributed by atoms with Crippen LogP contribution in [0.25, 0.3) is 0 Å². The molecule has 0 aromatic heterocycles. The van der Waals surface area contributed by atoms with Crippen LogP contribution >= 0.6 is 0 Å². The first-order chi connectivity index (χ1) is 12.4. The minimum absolute atomic E-state index is 0.0721. The van der Waals surface area contributed by atoms with Gasteiger partial charge in [-0.2, -0.15) is 0 Å². The molecule has 0 spiro atoms. The minimum Gasteiger partial charge on any atom is -0.414 e. The van der Waals surface area contributed by atoms with E-state index in [1.165, 1.54) is 0 Å². The zero-order chi connectivity index (χ0) is 20.1. The molecule has 0 radical (unpaired) electrons. The first-order valence-electron chi connectivity index (χ1n) is 10.1. The molecular weight excluding hydrogens is 376 g/mol. The smallest absolute Gasteiger partial charge is 0.192 e. The van der Waals surface area contributed by atoms with E-state index in [1.807, 2.05) is 6.07 Å². The van der Waals surface area contributed by atoms with Gasteiger partial charge >= 0.3 is 0 Å². The summed E-state index contributed by atoms with van der Waals surface area (Å²) in [6.07, 6.45) is 2.52. The molecule has 0 amide bonds. The first-order valence-corrected chi connectivity index (χ1v) is 14.5. The van der Waals surface area contributed by atoms with Crippen LogP contribution in [0.15, 0.2) is 35.2 Å². The van der Waals surface area contributed by atoms with E-state index in [1.54, 1.807) is 24.3 Å². The number of aliphatic hydroxyl groups excluding tert-OH is 1. The van der Waals surface area contributed by atoms with E-state index in [2.05, 4.69) is 33.9 Å². The van der Waals surface area contributed by atoms with Crippen molar-refractivity contribution in [2.45, 2.75) is 92.9 Å². The van der Waals surface area contributed by atoms with Gasteiger partial charge in [-0.15, -0.1) is 0 Å². The molecule has 2 saturated carbocycles. The Kier molecular flexibility index (Phi) is 5.43. The number of aliphatic hydroxyl groups is 1. The molecule has 2 aliphatic rings. The van der Waals surface area contributed by atoms with Crippen LogP contribution in [0.1, 0.15) is 52.9 Å². The summed E-state index contributed by atoms with van der Waals surface area (Å²) in [5, 5.41) is 11.0. The third-order valence-electron chi connectivity index (χ3n) is 7.25. The highest BCUT2D eigenvalue weighted by Gasteiger charge is 2.63. The number of hydrogen-bond acceptors (Lipinski definition) is 4. The van der Waals surface area contributed by atoms with Crippen LogP contribution in [-0.2, 0) is 14.3 Å². The van der Waals surface area contributed by atoms with Crippen LogP contribution in [0.4, 0.5) is 0 Å². The standard InChI is InChI=1S/C21H34O4SSi/c1-20(2,3)27(4,5)25-18-12-9-15-21(17(18)13-14-19(21)22)26(23,24)16-10-7-6-8-11-16/h6-8,10-11,17-19,22H,9,12-15H2,1-5H3/t17-,18-,19?,21?/m1/s1. The lowest BCUT2D eigenvalue weighted by molar-refractivity contribution is 0.0345. The van der Waals surface area contributed by atoms with Crippen molar-refractivity contribution in [1.82, 2.24) is 0 Å². The highest BCUT2D eigenvalue weighted by Crippen LogP contribution is 2.54. The highest BCUT2D eigenvalue weighted by atomic mass is 32.2. The fraction of sp³-hybridized carbons (Fsp3) is 0.714. The summed E-state index contributed by atoms with van der Waals surface area (Å²) in [5.74, 6) is -0.138. The Morgan fingerprint density at radius 2 is 1.74 bits per heavy atom. The van der Waals surface area contributed by atoms with E-state index in [9.17, 15) is 13.5 Å². The van der Waals surface area contributed by atoms with Crippen molar-refractivity contribution in [2.75, 3.05) is 0 Å². The van der Waals surface area contributed by atoms with Crippen LogP contribution in [-0.4, -0.2) is 38.8 Å². The molecule has 3 rings (SSSR count). The van der Waals surface area contributed by atoms with E-state index in [0.717, 1.165) is 12.8 Å². The van der Waals surface area contributed by atoms with Gasteiger partial charge in [0.15, 0.2) is 18.2 Å². The van der Waals surface area contributed by atoms with Crippen LogP contribution < -0.4 is 0 Å². The summed E-state index contributed by atoms with van der Waals surface area (Å²) in [6.45, 7) is 11.1. The van der Waals surface area contributed by atoms with Crippen molar-refractivity contribution < 1.29 is 18.0 Å². The quantitative estimate of drug-likeness (QED) is 0.740. The number of fused-ring (bicyclic) bond motifs is 1. The zero-order valence-corrected chi connectivity index (χ0v) is 19.1. The molecular formula is C21H34O4SSi. The summed E-state index contributed by atoms with van der Waals surface area (Å²) >= 11 is 0. The van der Waals surface area contributed by atoms with Crippen LogP contribution in [0.2, 0.25) is 18.1 Å². The van der Waals surface area contributed by atoms with Crippen LogP contribution in [0.3, 0.4) is 0 Å². The lowest BCUT2D eigenvalue weighted by atomic mass is 9.78. The second-order valence-electron chi connectivity index (χ2n) is 9.78. The molecule has 27 heavy (non-hydrogen) atoms. The third-order valence-corrected chi connectivity index (χ3v) is 14.4. The van der Waals surface area contributed by atoms with Gasteiger partial charge in [-0.3, -0.25) is 0 Å². The van der Waals surface area contributed by atoms with Gasteiger partial charge in [0.25, 0.3) is 0 Å². The second kappa shape index (κ2) is 6.97. The van der Waals surface area contributed by atoms with Crippen LogP contribution in [0.5, 0.6) is 0 Å². The van der Waals surface area contributed by atoms with E-state index in [0.29, 0.717) is 24.2 Å². The van der Waals surface area contributed by atoms with E-state index < -0.39 is 29.0 Å². The molecule has 0 aliphatic heterocycles. The van der Waals surface area contributed by atoms with E-state index >= 15 is 0 Å². The van der Waals surface area contributed by atoms with Crippen molar-refractivity contribution in [2.24, 2.45) is 5.92 Å². The SMILES string of the molecule is CC(C)(C)[Si](C)(C)O[C@@H]1CCCC2(S(=O)(=O)c3ccccc3)C(O)CC[C@H]12. The topological polar surface area (TPSA) is 63.6 Å². The Labute approximate surface area is 165 Å². The molecule has 4 atom stereocenters. The Bertz CT molecular complexity index is 769. The molecule has 1 aromatic rings. The minimum atomic E-state index is -3.65. The van der Waals surface area contributed by atoms with E-state index in [4.69, 9.17) is 4.43 Å². The summed E-state index contributed by atoms with van der Waals surface area (Å²) in [7, 11) is -5.67. The lowest BCUT2D eigenvalue weighted by Gasteiger charge is -2.48. The van der Waals surface area contributed by atoms with Crippen molar-refractivity contribution >= 4 is 18.2 Å². The monoisotopic (exact) mass is 410 g/mol. The van der Waals surface area contributed by atoms with Gasteiger partial charge in [-0.25, -0.2) is 8.42 Å². The Morgan fingerprint density at radius 3 is 2.33 bits per heavy atom. The number of sulfone groups is 1. The van der Waals surface area contributed by atoms with Gasteiger partial charge in [0.05, 0.1) is 11.0 Å². The Balaban J connectivity index is 2.01. The maximum Gasteiger partial charge on any atom is 0.192 e. The highest BCUT2D eigenvalue weighted by molar-refractivity contribution is 7.93. The predicted molar refractivity (Wildman–Crippen MR) is 111 cm³/mol. The maximum absolute atomic E-state index is 13.7. The predicted octanol–water partition coefficient (Wildman–Crippen LogP) is 4.54. The molecule has 2 unspecified atom stereocenters. The summed E-state index contributed by atoms with van der Waals surface area (Å²) < 4.78 is 33.0. The van der Waals surface area contributed by atoms with Gasteiger partial charge in [0, 0.05) is 12.0 Å². The number of rotatable bonds is 4. The molecule has 0 heterocycles. The van der Waals surface area contributed by atoms with Crippen molar-refractivity contribution in [1.29, 1.82) is 0 Å². The largest absolute Gasteiger partial charge is 0.414 e. The average molecular weight is 411 g/mol. The summed E-state index contributed by atoms with van der Waals surface area (Å²) in [4.78, 5) is 0.323. The lowest BCUT2D eigenvalue weighted by Crippen LogP contribution is -2.58. The third kappa shape index (κ3) is 3.32. The zero-order valence-electron chi connectivity index (χ0n) is 17.2. The fourth-order valence-corrected chi connectivity index (χ4v) is 8.64. The summed E-state index contributed by atoms with van der Waals surface area (Å²) in [6, 6.07) is 8.65. The normalized spacial score (nSPS) is 32.3. The van der Waals surface area contributed by atoms with Crippen LogP contribution in [0, 0.1) is 5.92 Å². The van der Waals surface area contributed by atoms with Gasteiger partial charge in [0.2, 0.25) is 0 Å². The van der Waals surface area contributed by atoms with Crippen molar-refractivity contribution in [3.63, 3.8) is 0 Å². The summed E-state index contributed by atoms with van der Waals surface area (Å²) in [5.41, 5.74) is 0. The first kappa shape index (κ1) is 21.0. The second-order valence-corrected chi connectivity index (χ2v) is 16.8. The number of hydrogen-bond donors (Lipinski definition) is 1. The molecule has 1 N–H and O–H groups in total. The van der Waals surface area contributed by atoms with Gasteiger partial charge in [0.1, 0.15) is 4.75 Å². The Morgan fingerprint density at radius 1 is 1.11 bits per heavy atom. The van der Waals surface area contributed by atoms with Gasteiger partial charge in [-0.1, -0.05) is 39.0 Å². The van der Waals surface area contributed by atoms with Gasteiger partial charge < -0.3 is 9.53 Å². The van der Waals surface area contributed by atoms with Crippen molar-refractivity contribution in [3.8, 4) is 0 Å². The molecule has 1 aromatic carbocycles. The van der Waals surface area contributed by atoms with Crippen molar-refractivity contribution in [3.05, 3.63) is 30.3 Å².